The van der Waals surface area contributed by atoms with E-state index in [4.69, 9.17) is 10.5 Å². The van der Waals surface area contributed by atoms with Crippen molar-refractivity contribution in [3.8, 4) is 5.75 Å². The maximum absolute atomic E-state index is 5.80. The van der Waals surface area contributed by atoms with E-state index in [1.807, 2.05) is 18.2 Å². The Bertz CT molecular complexity index is 604. The Morgan fingerprint density at radius 1 is 1.25 bits per heavy atom. The molecule has 0 aliphatic rings. The lowest BCUT2D eigenvalue weighted by Gasteiger charge is -2.10. The van der Waals surface area contributed by atoms with Crippen molar-refractivity contribution in [3.63, 3.8) is 0 Å². The summed E-state index contributed by atoms with van der Waals surface area (Å²) >= 11 is 3.44. The van der Waals surface area contributed by atoms with Crippen LogP contribution in [0.25, 0.3) is 0 Å². The van der Waals surface area contributed by atoms with Crippen molar-refractivity contribution >= 4 is 33.3 Å². The smallest absolute Gasteiger partial charge is 0.136 e. The Morgan fingerprint density at radius 2 is 2.05 bits per heavy atom. The molecule has 0 radical (unpaired) electrons. The number of methoxy groups -OCH3 is 1. The molecule has 0 aliphatic carbocycles. The zero-order chi connectivity index (χ0) is 14.5. The molecule has 3 N–H and O–H groups in total. The highest BCUT2D eigenvalue weighted by Gasteiger charge is 2.05. The Balaban J connectivity index is 2.27. The summed E-state index contributed by atoms with van der Waals surface area (Å²) in [4.78, 5) is 8.65. The summed E-state index contributed by atoms with van der Waals surface area (Å²) in [6.45, 7) is 2.08. The number of rotatable bonds is 5. The molecule has 2 aromatic rings. The first-order chi connectivity index (χ1) is 9.60. The first kappa shape index (κ1) is 14.6. The molecule has 5 nitrogen and oxygen atoms in total. The molecule has 6 heteroatoms. The number of ether oxygens (including phenoxy) is 1. The van der Waals surface area contributed by atoms with Crippen molar-refractivity contribution in [3.05, 3.63) is 34.6 Å². The predicted molar refractivity (Wildman–Crippen MR) is 84.4 cm³/mol. The third-order valence-corrected chi connectivity index (χ3v) is 3.10. The van der Waals surface area contributed by atoms with Crippen LogP contribution in [0.5, 0.6) is 5.75 Å². The van der Waals surface area contributed by atoms with E-state index in [1.165, 1.54) is 0 Å². The minimum absolute atomic E-state index is 0.466. The second kappa shape index (κ2) is 6.56. The molecule has 0 atom stereocenters. The van der Waals surface area contributed by atoms with Crippen LogP contribution < -0.4 is 15.8 Å². The maximum Gasteiger partial charge on any atom is 0.136 e. The van der Waals surface area contributed by atoms with Crippen LogP contribution in [0.2, 0.25) is 0 Å². The van der Waals surface area contributed by atoms with Crippen LogP contribution in [0.4, 0.5) is 17.3 Å². The molecule has 20 heavy (non-hydrogen) atoms. The zero-order valence-corrected chi connectivity index (χ0v) is 13.1. The monoisotopic (exact) mass is 336 g/mol. The van der Waals surface area contributed by atoms with Gasteiger partial charge in [-0.05, 0) is 18.6 Å². The Labute approximate surface area is 126 Å². The van der Waals surface area contributed by atoms with Gasteiger partial charge in [-0.2, -0.15) is 0 Å². The van der Waals surface area contributed by atoms with Gasteiger partial charge < -0.3 is 15.8 Å². The third-order valence-electron chi connectivity index (χ3n) is 2.65. The van der Waals surface area contributed by atoms with Gasteiger partial charge in [-0.3, -0.25) is 0 Å². The largest absolute Gasteiger partial charge is 0.497 e. The molecule has 0 bridgehead atoms. The summed E-state index contributed by atoms with van der Waals surface area (Å²) < 4.78 is 6.16. The van der Waals surface area contributed by atoms with E-state index in [1.54, 1.807) is 13.2 Å². The minimum Gasteiger partial charge on any atom is -0.497 e. The van der Waals surface area contributed by atoms with Crippen LogP contribution in [-0.4, -0.2) is 17.1 Å². The second-order valence-electron chi connectivity index (χ2n) is 4.35. The van der Waals surface area contributed by atoms with Gasteiger partial charge in [0.2, 0.25) is 0 Å². The van der Waals surface area contributed by atoms with Crippen molar-refractivity contribution in [2.45, 2.75) is 19.8 Å². The molecular formula is C14H17BrN4O. The minimum atomic E-state index is 0.466. The fourth-order valence-electron chi connectivity index (χ4n) is 1.82. The standard InChI is InChI=1S/C14H17BrN4O/c1-3-4-13-18-12(16)8-14(19-13)17-10-5-9(15)6-11(7-10)20-2/h5-8H,3-4H2,1-2H3,(H3,16,17,18,19). The van der Waals surface area contributed by atoms with Crippen molar-refractivity contribution in [2.75, 3.05) is 18.2 Å². The molecule has 0 fully saturated rings. The van der Waals surface area contributed by atoms with Crippen molar-refractivity contribution in [2.24, 2.45) is 0 Å². The number of nitrogens with one attached hydrogen (secondary N) is 1. The number of anilines is 3. The van der Waals surface area contributed by atoms with Crippen molar-refractivity contribution in [1.82, 2.24) is 9.97 Å². The van der Waals surface area contributed by atoms with Crippen LogP contribution in [-0.2, 0) is 6.42 Å². The highest BCUT2D eigenvalue weighted by Crippen LogP contribution is 2.26. The summed E-state index contributed by atoms with van der Waals surface area (Å²) in [6.07, 6.45) is 1.79. The summed E-state index contributed by atoms with van der Waals surface area (Å²) in [7, 11) is 1.63. The molecule has 0 saturated heterocycles. The normalized spacial score (nSPS) is 10.3. The van der Waals surface area contributed by atoms with Crippen LogP contribution in [0, 0.1) is 0 Å². The topological polar surface area (TPSA) is 73.1 Å². The lowest BCUT2D eigenvalue weighted by atomic mass is 10.3. The third kappa shape index (κ3) is 3.84. The van der Waals surface area contributed by atoms with E-state index in [9.17, 15) is 0 Å². The van der Waals surface area contributed by atoms with Gasteiger partial charge in [-0.1, -0.05) is 22.9 Å². The SMILES string of the molecule is CCCc1nc(N)cc(Nc2cc(Br)cc(OC)c2)n1. The van der Waals surface area contributed by atoms with Gasteiger partial charge in [0, 0.05) is 28.7 Å². The van der Waals surface area contributed by atoms with Gasteiger partial charge >= 0.3 is 0 Å². The van der Waals surface area contributed by atoms with Gasteiger partial charge in [0.05, 0.1) is 7.11 Å². The molecular weight excluding hydrogens is 320 g/mol. The van der Waals surface area contributed by atoms with Crippen molar-refractivity contribution < 1.29 is 4.74 Å². The summed E-state index contributed by atoms with van der Waals surface area (Å²) in [5.41, 5.74) is 6.68. The van der Waals surface area contributed by atoms with E-state index in [2.05, 4.69) is 38.1 Å². The molecule has 0 spiro atoms. The number of hydrogen-bond donors (Lipinski definition) is 2. The van der Waals surface area contributed by atoms with Crippen LogP contribution in [0.3, 0.4) is 0 Å². The van der Waals surface area contributed by atoms with E-state index < -0.39 is 0 Å². The molecule has 0 amide bonds. The molecule has 0 aliphatic heterocycles. The van der Waals surface area contributed by atoms with Gasteiger partial charge in [0.1, 0.15) is 23.2 Å². The van der Waals surface area contributed by atoms with Crippen LogP contribution in [0.1, 0.15) is 19.2 Å². The molecule has 106 valence electrons. The van der Waals surface area contributed by atoms with E-state index in [0.717, 1.165) is 34.6 Å². The molecule has 1 aromatic carbocycles. The highest BCUT2D eigenvalue weighted by molar-refractivity contribution is 9.10. The highest BCUT2D eigenvalue weighted by atomic mass is 79.9. The summed E-state index contributed by atoms with van der Waals surface area (Å²) in [6, 6.07) is 7.44. The average Bonchev–Trinajstić information content (AvgIpc) is 2.37. The number of nitrogen functional groups attached to an aromatic ring is 1. The lowest BCUT2D eigenvalue weighted by molar-refractivity contribution is 0.415. The van der Waals surface area contributed by atoms with E-state index >= 15 is 0 Å². The van der Waals surface area contributed by atoms with E-state index in [0.29, 0.717) is 11.6 Å². The van der Waals surface area contributed by atoms with Gasteiger partial charge in [-0.25, -0.2) is 9.97 Å². The Kier molecular flexibility index (Phi) is 4.79. The fraction of sp³-hybridized carbons (Fsp3) is 0.286. The van der Waals surface area contributed by atoms with Crippen LogP contribution in [0.15, 0.2) is 28.7 Å². The quantitative estimate of drug-likeness (QED) is 0.873. The number of benzene rings is 1. The number of aryl methyl sites for hydroxylation is 1. The van der Waals surface area contributed by atoms with Gasteiger partial charge in [0.15, 0.2) is 0 Å². The lowest BCUT2D eigenvalue weighted by Crippen LogP contribution is -2.03. The first-order valence-electron chi connectivity index (χ1n) is 6.35. The Hall–Kier alpha value is -1.82. The summed E-state index contributed by atoms with van der Waals surface area (Å²) in [5.74, 6) is 2.66. The number of nitrogens with zero attached hydrogens (tertiary/aromatic N) is 2. The molecule has 1 heterocycles. The molecule has 0 unspecified atom stereocenters. The average molecular weight is 337 g/mol. The number of aromatic nitrogens is 2. The zero-order valence-electron chi connectivity index (χ0n) is 11.5. The Morgan fingerprint density at radius 3 is 2.75 bits per heavy atom. The van der Waals surface area contributed by atoms with Gasteiger partial charge in [0.25, 0.3) is 0 Å². The van der Waals surface area contributed by atoms with Crippen molar-refractivity contribution in [1.29, 1.82) is 0 Å². The molecule has 0 saturated carbocycles. The molecule has 1 aromatic heterocycles. The van der Waals surface area contributed by atoms with Gasteiger partial charge in [-0.15, -0.1) is 0 Å². The van der Waals surface area contributed by atoms with E-state index in [-0.39, 0.29) is 0 Å². The number of nitrogens with two attached hydrogens (primary N) is 1. The summed E-state index contributed by atoms with van der Waals surface area (Å²) in [5, 5.41) is 3.22. The second-order valence-corrected chi connectivity index (χ2v) is 5.26. The van der Waals surface area contributed by atoms with Crippen LogP contribution >= 0.6 is 15.9 Å². The first-order valence-corrected chi connectivity index (χ1v) is 7.15. The number of hydrogen-bond acceptors (Lipinski definition) is 5. The number of halogens is 1. The maximum atomic E-state index is 5.80. The molecule has 2 rings (SSSR count). The fourth-order valence-corrected chi connectivity index (χ4v) is 2.29. The predicted octanol–water partition coefficient (Wildman–Crippen LogP) is 3.53.